The predicted molar refractivity (Wildman–Crippen MR) is 71.1 cm³/mol. The van der Waals surface area contributed by atoms with E-state index < -0.39 is 24.9 Å². The van der Waals surface area contributed by atoms with Gasteiger partial charge >= 0.3 is 6.18 Å². The molecule has 1 aromatic rings. The van der Waals surface area contributed by atoms with Crippen LogP contribution in [0.5, 0.6) is 0 Å². The molecule has 0 bridgehead atoms. The SMILES string of the molecule is O=C(CCC(F)(F)F)N1CCCN(C(=O)c2ccoc2)CC1. The lowest BCUT2D eigenvalue weighted by Gasteiger charge is -2.22. The third-order valence-electron chi connectivity index (χ3n) is 3.53. The predicted octanol–water partition coefficient (Wildman–Crippen LogP) is 2.30. The molecule has 1 aromatic heterocycles. The van der Waals surface area contributed by atoms with E-state index in [0.29, 0.717) is 31.6 Å². The van der Waals surface area contributed by atoms with Gasteiger partial charge in [-0.1, -0.05) is 0 Å². The highest BCUT2D eigenvalue weighted by Gasteiger charge is 2.30. The molecule has 22 heavy (non-hydrogen) atoms. The van der Waals surface area contributed by atoms with E-state index in [-0.39, 0.29) is 12.5 Å². The Balaban J connectivity index is 1.87. The van der Waals surface area contributed by atoms with Crippen LogP contribution in [0.15, 0.2) is 23.0 Å². The normalized spacial score (nSPS) is 16.5. The molecule has 0 aromatic carbocycles. The molecule has 0 unspecified atom stereocenters. The Morgan fingerprint density at radius 3 is 2.45 bits per heavy atom. The summed E-state index contributed by atoms with van der Waals surface area (Å²) in [4.78, 5) is 27.0. The summed E-state index contributed by atoms with van der Waals surface area (Å²) in [6.45, 7) is 1.39. The Labute approximate surface area is 125 Å². The number of hydrogen-bond acceptors (Lipinski definition) is 3. The van der Waals surface area contributed by atoms with E-state index in [9.17, 15) is 22.8 Å². The zero-order valence-electron chi connectivity index (χ0n) is 11.9. The number of hydrogen-bond donors (Lipinski definition) is 0. The van der Waals surface area contributed by atoms with E-state index in [2.05, 4.69) is 0 Å². The molecule has 0 radical (unpaired) electrons. The number of furan rings is 1. The molecule has 1 aliphatic heterocycles. The van der Waals surface area contributed by atoms with Crippen molar-refractivity contribution in [2.75, 3.05) is 26.2 Å². The van der Waals surface area contributed by atoms with E-state index in [4.69, 9.17) is 4.42 Å². The van der Waals surface area contributed by atoms with Crippen molar-refractivity contribution in [2.45, 2.75) is 25.4 Å². The molecule has 0 saturated carbocycles. The number of carbonyl (C=O) groups is 2. The van der Waals surface area contributed by atoms with E-state index in [1.54, 1.807) is 11.0 Å². The second kappa shape index (κ2) is 6.85. The van der Waals surface area contributed by atoms with Crippen molar-refractivity contribution >= 4 is 11.8 Å². The van der Waals surface area contributed by atoms with Gasteiger partial charge in [-0.3, -0.25) is 9.59 Å². The molecular weight excluding hydrogens is 301 g/mol. The number of carbonyl (C=O) groups excluding carboxylic acids is 2. The molecule has 1 saturated heterocycles. The number of rotatable bonds is 3. The largest absolute Gasteiger partial charge is 0.472 e. The highest BCUT2D eigenvalue weighted by Crippen LogP contribution is 2.22. The molecular formula is C14H17F3N2O3. The third kappa shape index (κ3) is 4.51. The van der Waals surface area contributed by atoms with Gasteiger partial charge in [0.15, 0.2) is 0 Å². The van der Waals surface area contributed by atoms with Gasteiger partial charge in [0.1, 0.15) is 6.26 Å². The van der Waals surface area contributed by atoms with E-state index in [1.807, 2.05) is 0 Å². The summed E-state index contributed by atoms with van der Waals surface area (Å²) in [5.41, 5.74) is 0.428. The Morgan fingerprint density at radius 1 is 1.14 bits per heavy atom. The molecule has 2 amide bonds. The summed E-state index contributed by atoms with van der Waals surface area (Å²) < 4.78 is 41.3. The van der Waals surface area contributed by atoms with E-state index in [1.165, 1.54) is 17.4 Å². The number of nitrogens with zero attached hydrogens (tertiary/aromatic N) is 2. The van der Waals surface area contributed by atoms with Crippen molar-refractivity contribution in [1.29, 1.82) is 0 Å². The Bertz CT molecular complexity index is 514. The zero-order chi connectivity index (χ0) is 16.2. The maximum absolute atomic E-state index is 12.2. The fourth-order valence-electron chi connectivity index (χ4n) is 2.35. The molecule has 0 aliphatic carbocycles. The molecule has 1 fully saturated rings. The van der Waals surface area contributed by atoms with Crippen molar-refractivity contribution < 1.29 is 27.2 Å². The van der Waals surface area contributed by atoms with Crippen LogP contribution in [0.4, 0.5) is 13.2 Å². The highest BCUT2D eigenvalue weighted by atomic mass is 19.4. The van der Waals surface area contributed by atoms with Gasteiger partial charge in [-0.05, 0) is 12.5 Å². The second-order valence-corrected chi connectivity index (χ2v) is 5.15. The minimum Gasteiger partial charge on any atom is -0.472 e. The van der Waals surface area contributed by atoms with Crippen molar-refractivity contribution in [3.8, 4) is 0 Å². The smallest absolute Gasteiger partial charge is 0.389 e. The van der Waals surface area contributed by atoms with Gasteiger partial charge in [-0.25, -0.2) is 0 Å². The lowest BCUT2D eigenvalue weighted by Crippen LogP contribution is -2.37. The van der Waals surface area contributed by atoms with Gasteiger partial charge in [0.25, 0.3) is 5.91 Å². The molecule has 122 valence electrons. The fourth-order valence-corrected chi connectivity index (χ4v) is 2.35. The molecule has 0 atom stereocenters. The summed E-state index contributed by atoms with van der Waals surface area (Å²) in [5.74, 6) is -0.715. The van der Waals surface area contributed by atoms with Crippen LogP contribution in [0.3, 0.4) is 0 Å². The minimum absolute atomic E-state index is 0.196. The highest BCUT2D eigenvalue weighted by molar-refractivity contribution is 5.93. The van der Waals surface area contributed by atoms with E-state index >= 15 is 0 Å². The van der Waals surface area contributed by atoms with Crippen LogP contribution in [-0.4, -0.2) is 54.0 Å². The molecule has 8 heteroatoms. The zero-order valence-corrected chi connectivity index (χ0v) is 11.9. The Kier molecular flexibility index (Phi) is 5.10. The van der Waals surface area contributed by atoms with Crippen LogP contribution in [0.2, 0.25) is 0 Å². The van der Waals surface area contributed by atoms with Crippen LogP contribution < -0.4 is 0 Å². The molecule has 5 nitrogen and oxygen atoms in total. The van der Waals surface area contributed by atoms with Gasteiger partial charge in [-0.2, -0.15) is 13.2 Å². The molecule has 2 heterocycles. The quantitative estimate of drug-likeness (QED) is 0.859. The first-order chi connectivity index (χ1) is 10.4. The number of halogens is 3. The van der Waals surface area contributed by atoms with Crippen LogP contribution in [0.25, 0.3) is 0 Å². The first-order valence-corrected chi connectivity index (χ1v) is 7.03. The van der Waals surface area contributed by atoms with Crippen LogP contribution >= 0.6 is 0 Å². The standard InChI is InChI=1S/C14H17F3N2O3/c15-14(16,17)4-2-12(20)18-5-1-6-19(8-7-18)13(21)11-3-9-22-10-11/h3,9-10H,1-2,4-8H2. The minimum atomic E-state index is -4.33. The fraction of sp³-hybridized carbons (Fsp3) is 0.571. The molecule has 2 rings (SSSR count). The van der Waals surface area contributed by atoms with Crippen molar-refractivity contribution in [2.24, 2.45) is 0 Å². The van der Waals surface area contributed by atoms with Crippen molar-refractivity contribution in [1.82, 2.24) is 9.80 Å². The van der Waals surface area contributed by atoms with Gasteiger partial charge < -0.3 is 14.2 Å². The monoisotopic (exact) mass is 318 g/mol. The Hall–Kier alpha value is -1.99. The maximum Gasteiger partial charge on any atom is 0.389 e. The maximum atomic E-state index is 12.2. The topological polar surface area (TPSA) is 53.8 Å². The van der Waals surface area contributed by atoms with Crippen molar-refractivity contribution in [3.63, 3.8) is 0 Å². The summed E-state index contributed by atoms with van der Waals surface area (Å²) in [5, 5.41) is 0. The van der Waals surface area contributed by atoms with Gasteiger partial charge in [-0.15, -0.1) is 0 Å². The summed E-state index contributed by atoms with van der Waals surface area (Å²) in [7, 11) is 0. The average Bonchev–Trinajstić information content (AvgIpc) is 2.87. The third-order valence-corrected chi connectivity index (χ3v) is 3.53. The molecule has 0 spiro atoms. The van der Waals surface area contributed by atoms with Crippen molar-refractivity contribution in [3.05, 3.63) is 24.2 Å². The van der Waals surface area contributed by atoms with Gasteiger partial charge in [0.05, 0.1) is 18.2 Å². The molecule has 1 aliphatic rings. The first-order valence-electron chi connectivity index (χ1n) is 7.03. The summed E-state index contributed by atoms with van der Waals surface area (Å²) >= 11 is 0. The second-order valence-electron chi connectivity index (χ2n) is 5.15. The number of alkyl halides is 3. The number of amides is 2. The van der Waals surface area contributed by atoms with Crippen LogP contribution in [-0.2, 0) is 4.79 Å². The van der Waals surface area contributed by atoms with Crippen LogP contribution in [0.1, 0.15) is 29.6 Å². The lowest BCUT2D eigenvalue weighted by atomic mass is 10.2. The van der Waals surface area contributed by atoms with E-state index in [0.717, 1.165) is 0 Å². The summed E-state index contributed by atoms with van der Waals surface area (Å²) in [6, 6.07) is 1.56. The molecule has 0 N–H and O–H groups in total. The summed E-state index contributed by atoms with van der Waals surface area (Å²) in [6.07, 6.45) is -2.69. The Morgan fingerprint density at radius 2 is 1.82 bits per heavy atom. The first kappa shape index (κ1) is 16.4. The van der Waals surface area contributed by atoms with Gasteiger partial charge in [0, 0.05) is 32.6 Å². The van der Waals surface area contributed by atoms with Gasteiger partial charge in [0.2, 0.25) is 5.91 Å². The van der Waals surface area contributed by atoms with Crippen LogP contribution in [0, 0.1) is 0 Å². The lowest BCUT2D eigenvalue weighted by molar-refractivity contribution is -0.149. The average molecular weight is 318 g/mol.